The summed E-state index contributed by atoms with van der Waals surface area (Å²) in [7, 11) is -3.65. The third kappa shape index (κ3) is 3.63. The molecule has 106 valence electrons. The third-order valence-corrected chi connectivity index (χ3v) is 5.10. The second-order valence-corrected chi connectivity index (χ2v) is 7.40. The average molecular weight is 423 g/mol. The lowest BCUT2D eigenvalue weighted by Crippen LogP contribution is -2.13. The second-order valence-electron chi connectivity index (χ2n) is 4.07. The molecule has 0 aromatic heterocycles. The Balaban J connectivity index is 2.30. The van der Waals surface area contributed by atoms with Gasteiger partial charge in [-0.1, -0.05) is 17.7 Å². The fraction of sp³-hybridized carbons (Fsp3) is 0.0769. The highest BCUT2D eigenvalue weighted by molar-refractivity contribution is 14.1. The van der Waals surface area contributed by atoms with Crippen LogP contribution in [0.3, 0.4) is 0 Å². The van der Waals surface area contributed by atoms with Gasteiger partial charge in [-0.05, 0) is 64.6 Å². The minimum Gasteiger partial charge on any atom is -0.326 e. The van der Waals surface area contributed by atoms with Crippen molar-refractivity contribution in [3.8, 4) is 0 Å². The highest BCUT2D eigenvalue weighted by atomic mass is 127. The molecule has 0 aliphatic carbocycles. The molecule has 0 unspecified atom stereocenters. The molecular formula is C13H12ClIN2O2S. The highest BCUT2D eigenvalue weighted by Crippen LogP contribution is 2.22. The van der Waals surface area contributed by atoms with E-state index in [1.165, 1.54) is 12.1 Å². The minimum absolute atomic E-state index is 0.109. The lowest BCUT2D eigenvalue weighted by Gasteiger charge is -2.09. The Bertz CT molecular complexity index is 718. The summed E-state index contributed by atoms with van der Waals surface area (Å²) in [5.41, 5.74) is 6.71. The van der Waals surface area contributed by atoms with Crippen LogP contribution in [0.5, 0.6) is 0 Å². The molecule has 0 aliphatic rings. The monoisotopic (exact) mass is 422 g/mol. The first-order valence-corrected chi connectivity index (χ1v) is 8.63. The zero-order chi connectivity index (χ0) is 14.8. The van der Waals surface area contributed by atoms with Crippen molar-refractivity contribution in [3.05, 3.63) is 56.6 Å². The van der Waals surface area contributed by atoms with Crippen molar-refractivity contribution >= 4 is 49.9 Å². The summed E-state index contributed by atoms with van der Waals surface area (Å²) in [6.45, 7) is 0.268. The van der Waals surface area contributed by atoms with Gasteiger partial charge in [-0.25, -0.2) is 8.42 Å². The van der Waals surface area contributed by atoms with Gasteiger partial charge in [-0.3, -0.25) is 4.72 Å². The van der Waals surface area contributed by atoms with Gasteiger partial charge in [-0.15, -0.1) is 0 Å². The van der Waals surface area contributed by atoms with Crippen molar-refractivity contribution in [2.45, 2.75) is 11.4 Å². The topological polar surface area (TPSA) is 72.2 Å². The fourth-order valence-corrected chi connectivity index (χ4v) is 3.36. The van der Waals surface area contributed by atoms with E-state index in [4.69, 9.17) is 17.3 Å². The number of rotatable bonds is 4. The van der Waals surface area contributed by atoms with Crippen molar-refractivity contribution in [3.63, 3.8) is 0 Å². The van der Waals surface area contributed by atoms with Crippen LogP contribution in [0.2, 0.25) is 5.02 Å². The fourth-order valence-electron chi connectivity index (χ4n) is 1.59. The molecule has 0 spiro atoms. The summed E-state index contributed by atoms with van der Waals surface area (Å²) in [5.74, 6) is 0. The predicted molar refractivity (Wildman–Crippen MR) is 89.3 cm³/mol. The van der Waals surface area contributed by atoms with Gasteiger partial charge in [0.15, 0.2) is 0 Å². The number of benzene rings is 2. The van der Waals surface area contributed by atoms with Crippen LogP contribution in [-0.2, 0) is 16.6 Å². The van der Waals surface area contributed by atoms with Gasteiger partial charge >= 0.3 is 0 Å². The molecule has 0 aliphatic heterocycles. The molecule has 0 bridgehead atoms. The molecule has 2 rings (SSSR count). The first-order valence-electron chi connectivity index (χ1n) is 5.69. The standard InChI is InChI=1S/C13H12ClIN2O2S/c14-13-7-12(6-1-9(13)8-16)20(18,19)17-11-4-2-10(15)3-5-11/h1-7,17H,8,16H2. The zero-order valence-corrected chi connectivity index (χ0v) is 14.0. The van der Waals surface area contributed by atoms with Crippen molar-refractivity contribution in [1.29, 1.82) is 0 Å². The van der Waals surface area contributed by atoms with Crippen LogP contribution in [-0.4, -0.2) is 8.42 Å². The molecular weight excluding hydrogens is 411 g/mol. The maximum absolute atomic E-state index is 12.2. The van der Waals surface area contributed by atoms with E-state index in [0.717, 1.165) is 3.57 Å². The minimum atomic E-state index is -3.65. The van der Waals surface area contributed by atoms with E-state index >= 15 is 0 Å². The van der Waals surface area contributed by atoms with Crippen molar-refractivity contribution < 1.29 is 8.42 Å². The van der Waals surface area contributed by atoms with E-state index in [2.05, 4.69) is 27.3 Å². The normalized spacial score (nSPS) is 11.3. The molecule has 20 heavy (non-hydrogen) atoms. The van der Waals surface area contributed by atoms with Gasteiger partial charge in [0.2, 0.25) is 0 Å². The van der Waals surface area contributed by atoms with Gasteiger partial charge in [0.1, 0.15) is 0 Å². The Labute approximate surface area is 136 Å². The van der Waals surface area contributed by atoms with E-state index in [1.807, 2.05) is 12.1 Å². The van der Waals surface area contributed by atoms with Gasteiger partial charge in [0.05, 0.1) is 4.90 Å². The van der Waals surface area contributed by atoms with E-state index in [9.17, 15) is 8.42 Å². The molecule has 0 fully saturated rings. The first kappa shape index (κ1) is 15.6. The van der Waals surface area contributed by atoms with Crippen LogP contribution in [0, 0.1) is 3.57 Å². The lowest BCUT2D eigenvalue weighted by molar-refractivity contribution is 0.601. The number of hydrogen-bond acceptors (Lipinski definition) is 3. The van der Waals surface area contributed by atoms with Crippen LogP contribution >= 0.6 is 34.2 Å². The molecule has 3 N–H and O–H groups in total. The highest BCUT2D eigenvalue weighted by Gasteiger charge is 2.15. The number of sulfonamides is 1. The smallest absolute Gasteiger partial charge is 0.261 e. The van der Waals surface area contributed by atoms with E-state index < -0.39 is 10.0 Å². The van der Waals surface area contributed by atoms with Crippen LogP contribution < -0.4 is 10.5 Å². The molecule has 7 heteroatoms. The van der Waals surface area contributed by atoms with Crippen LogP contribution in [0.4, 0.5) is 5.69 Å². The van der Waals surface area contributed by atoms with Crippen LogP contribution in [0.25, 0.3) is 0 Å². The number of halogens is 2. The Hall–Kier alpha value is -0.830. The third-order valence-electron chi connectivity index (χ3n) is 2.65. The van der Waals surface area contributed by atoms with E-state index in [0.29, 0.717) is 16.3 Å². The van der Waals surface area contributed by atoms with Gasteiger partial charge < -0.3 is 5.73 Å². The summed E-state index contributed by atoms with van der Waals surface area (Å²) < 4.78 is 28.0. The van der Waals surface area contributed by atoms with Crippen molar-refractivity contribution in [2.75, 3.05) is 4.72 Å². The predicted octanol–water partition coefficient (Wildman–Crippen LogP) is 3.20. The Morgan fingerprint density at radius 1 is 1.15 bits per heavy atom. The average Bonchev–Trinajstić information content (AvgIpc) is 2.41. The maximum Gasteiger partial charge on any atom is 0.261 e. The quantitative estimate of drug-likeness (QED) is 0.743. The number of hydrogen-bond donors (Lipinski definition) is 2. The molecule has 2 aromatic rings. The Morgan fingerprint density at radius 2 is 1.80 bits per heavy atom. The summed E-state index contributed by atoms with van der Waals surface area (Å²) in [6, 6.07) is 11.6. The first-order chi connectivity index (χ1) is 9.42. The van der Waals surface area contributed by atoms with Crippen LogP contribution in [0.15, 0.2) is 47.4 Å². The molecule has 0 saturated carbocycles. The lowest BCUT2D eigenvalue weighted by atomic mass is 10.2. The van der Waals surface area contributed by atoms with E-state index in [-0.39, 0.29) is 11.4 Å². The molecule has 0 saturated heterocycles. The van der Waals surface area contributed by atoms with Gasteiger partial charge in [0, 0.05) is 20.8 Å². The SMILES string of the molecule is NCc1ccc(S(=O)(=O)Nc2ccc(I)cc2)cc1Cl. The number of anilines is 1. The van der Waals surface area contributed by atoms with Crippen molar-refractivity contribution in [2.24, 2.45) is 5.73 Å². The van der Waals surface area contributed by atoms with E-state index in [1.54, 1.807) is 18.2 Å². The van der Waals surface area contributed by atoms with Gasteiger partial charge in [0.25, 0.3) is 10.0 Å². The molecule has 0 heterocycles. The van der Waals surface area contributed by atoms with Gasteiger partial charge in [-0.2, -0.15) is 0 Å². The summed E-state index contributed by atoms with van der Waals surface area (Å²) in [6.07, 6.45) is 0. The zero-order valence-electron chi connectivity index (χ0n) is 10.3. The molecule has 2 aromatic carbocycles. The molecule has 0 atom stereocenters. The summed E-state index contributed by atoms with van der Waals surface area (Å²) >= 11 is 8.14. The Morgan fingerprint density at radius 3 is 2.35 bits per heavy atom. The molecule has 0 radical (unpaired) electrons. The molecule has 4 nitrogen and oxygen atoms in total. The maximum atomic E-state index is 12.2. The number of nitrogens with two attached hydrogens (primary N) is 1. The second kappa shape index (κ2) is 6.30. The number of nitrogens with one attached hydrogen (secondary N) is 1. The largest absolute Gasteiger partial charge is 0.326 e. The Kier molecular flexibility index (Phi) is 4.90. The summed E-state index contributed by atoms with van der Waals surface area (Å²) in [4.78, 5) is 0.109. The molecule has 0 amide bonds. The van der Waals surface area contributed by atoms with Crippen LogP contribution in [0.1, 0.15) is 5.56 Å². The summed E-state index contributed by atoms with van der Waals surface area (Å²) in [5, 5.41) is 0.345. The van der Waals surface area contributed by atoms with Crippen molar-refractivity contribution in [1.82, 2.24) is 0 Å².